The van der Waals surface area contributed by atoms with Crippen molar-refractivity contribution in [2.24, 2.45) is 0 Å². The van der Waals surface area contributed by atoms with E-state index < -0.39 is 0 Å². The number of nitrogens with one attached hydrogen (secondary N) is 1. The fourth-order valence-electron chi connectivity index (χ4n) is 2.30. The van der Waals surface area contributed by atoms with E-state index in [0.717, 1.165) is 29.8 Å². The van der Waals surface area contributed by atoms with Crippen molar-refractivity contribution in [3.63, 3.8) is 0 Å². The van der Waals surface area contributed by atoms with E-state index in [1.807, 2.05) is 25.1 Å². The van der Waals surface area contributed by atoms with Crippen LogP contribution in [0.25, 0.3) is 0 Å². The molecule has 0 aliphatic rings. The molecule has 0 spiro atoms. The third-order valence-electron chi connectivity index (χ3n) is 3.60. The summed E-state index contributed by atoms with van der Waals surface area (Å²) in [6.45, 7) is 3.37. The van der Waals surface area contributed by atoms with Gasteiger partial charge in [0.1, 0.15) is 5.75 Å². The second-order valence-electron chi connectivity index (χ2n) is 5.43. The predicted molar refractivity (Wildman–Crippen MR) is 90.9 cm³/mol. The van der Waals surface area contributed by atoms with E-state index in [2.05, 4.69) is 10.4 Å². The Labute approximate surface area is 141 Å². The molecule has 23 heavy (non-hydrogen) atoms. The first kappa shape index (κ1) is 17.3. The molecule has 0 radical (unpaired) electrons. The van der Waals surface area contributed by atoms with Gasteiger partial charge in [0.25, 0.3) is 0 Å². The summed E-state index contributed by atoms with van der Waals surface area (Å²) >= 11 is 5.79. The maximum absolute atomic E-state index is 11.9. The van der Waals surface area contributed by atoms with Gasteiger partial charge < -0.3 is 10.1 Å². The molecule has 2 rings (SSSR count). The first-order chi connectivity index (χ1) is 11.1. The lowest BCUT2D eigenvalue weighted by Crippen LogP contribution is -2.25. The van der Waals surface area contributed by atoms with E-state index in [4.69, 9.17) is 16.3 Å². The van der Waals surface area contributed by atoms with Crippen LogP contribution in [0.2, 0.25) is 5.02 Å². The number of halogens is 1. The SMILES string of the molecule is COc1cc(CCC(=O)NCCCn2cc(Cl)cn2)ccc1C. The van der Waals surface area contributed by atoms with Crippen LogP contribution in [0.15, 0.2) is 30.6 Å². The number of ether oxygens (including phenoxy) is 1. The average Bonchev–Trinajstić information content (AvgIpc) is 2.96. The maximum Gasteiger partial charge on any atom is 0.220 e. The fourth-order valence-corrected chi connectivity index (χ4v) is 2.45. The normalized spacial score (nSPS) is 10.6. The monoisotopic (exact) mass is 335 g/mol. The highest BCUT2D eigenvalue weighted by Gasteiger charge is 2.05. The second kappa shape index (κ2) is 8.58. The van der Waals surface area contributed by atoms with Crippen LogP contribution in [0, 0.1) is 6.92 Å². The Morgan fingerprint density at radius 3 is 2.96 bits per heavy atom. The molecule has 1 amide bonds. The minimum absolute atomic E-state index is 0.0584. The molecule has 6 heteroatoms. The largest absolute Gasteiger partial charge is 0.496 e. The minimum atomic E-state index is 0.0584. The number of benzene rings is 1. The third kappa shape index (κ3) is 5.60. The number of amides is 1. The zero-order chi connectivity index (χ0) is 16.7. The predicted octanol–water partition coefficient (Wildman–Crippen LogP) is 2.99. The van der Waals surface area contributed by atoms with Crippen molar-refractivity contribution in [3.05, 3.63) is 46.7 Å². The number of hydrogen-bond donors (Lipinski definition) is 1. The Kier molecular flexibility index (Phi) is 6.47. The zero-order valence-electron chi connectivity index (χ0n) is 13.5. The van der Waals surface area contributed by atoms with Crippen LogP contribution >= 0.6 is 11.6 Å². The second-order valence-corrected chi connectivity index (χ2v) is 5.87. The van der Waals surface area contributed by atoms with Crippen LogP contribution < -0.4 is 10.1 Å². The highest BCUT2D eigenvalue weighted by molar-refractivity contribution is 6.30. The molecule has 2 aromatic rings. The van der Waals surface area contributed by atoms with Gasteiger partial charge in [0.05, 0.1) is 18.3 Å². The van der Waals surface area contributed by atoms with Gasteiger partial charge in [-0.3, -0.25) is 9.48 Å². The van der Waals surface area contributed by atoms with Gasteiger partial charge in [-0.2, -0.15) is 5.10 Å². The smallest absolute Gasteiger partial charge is 0.220 e. The van der Waals surface area contributed by atoms with Gasteiger partial charge in [0.2, 0.25) is 5.91 Å². The lowest BCUT2D eigenvalue weighted by atomic mass is 10.1. The summed E-state index contributed by atoms with van der Waals surface area (Å²) in [6, 6.07) is 6.04. The molecule has 1 aromatic carbocycles. The van der Waals surface area contributed by atoms with Crippen molar-refractivity contribution in [3.8, 4) is 5.75 Å². The van der Waals surface area contributed by atoms with Gasteiger partial charge in [-0.15, -0.1) is 0 Å². The Hall–Kier alpha value is -2.01. The average molecular weight is 336 g/mol. The van der Waals surface area contributed by atoms with Crippen molar-refractivity contribution >= 4 is 17.5 Å². The van der Waals surface area contributed by atoms with E-state index in [1.54, 1.807) is 24.2 Å². The van der Waals surface area contributed by atoms with Gasteiger partial charge in [-0.25, -0.2) is 0 Å². The summed E-state index contributed by atoms with van der Waals surface area (Å²) in [5, 5.41) is 7.65. The third-order valence-corrected chi connectivity index (χ3v) is 3.80. The van der Waals surface area contributed by atoms with Crippen molar-refractivity contribution in [1.82, 2.24) is 15.1 Å². The molecule has 1 heterocycles. The van der Waals surface area contributed by atoms with Crippen LogP contribution in [-0.4, -0.2) is 29.3 Å². The van der Waals surface area contributed by atoms with Gasteiger partial charge in [-0.1, -0.05) is 23.7 Å². The number of aromatic nitrogens is 2. The van der Waals surface area contributed by atoms with Crippen molar-refractivity contribution in [2.75, 3.05) is 13.7 Å². The van der Waals surface area contributed by atoms with Crippen LogP contribution in [-0.2, 0) is 17.8 Å². The van der Waals surface area contributed by atoms with Crippen LogP contribution in [0.5, 0.6) is 5.75 Å². The van der Waals surface area contributed by atoms with E-state index in [0.29, 0.717) is 24.4 Å². The quantitative estimate of drug-likeness (QED) is 0.754. The summed E-state index contributed by atoms with van der Waals surface area (Å²) in [7, 11) is 1.66. The van der Waals surface area contributed by atoms with E-state index in [1.165, 1.54) is 0 Å². The van der Waals surface area contributed by atoms with Gasteiger partial charge >= 0.3 is 0 Å². The first-order valence-corrected chi connectivity index (χ1v) is 8.04. The molecule has 0 unspecified atom stereocenters. The maximum atomic E-state index is 11.9. The van der Waals surface area contributed by atoms with Crippen molar-refractivity contribution in [2.45, 2.75) is 32.7 Å². The van der Waals surface area contributed by atoms with Crippen LogP contribution in [0.4, 0.5) is 0 Å². The van der Waals surface area contributed by atoms with Crippen molar-refractivity contribution in [1.29, 1.82) is 0 Å². The van der Waals surface area contributed by atoms with Gasteiger partial charge in [-0.05, 0) is 37.0 Å². The highest BCUT2D eigenvalue weighted by Crippen LogP contribution is 2.19. The molecule has 0 bridgehead atoms. The Morgan fingerprint density at radius 1 is 1.43 bits per heavy atom. The number of nitrogens with zero attached hydrogens (tertiary/aromatic N) is 2. The van der Waals surface area contributed by atoms with E-state index in [9.17, 15) is 4.79 Å². The summed E-state index contributed by atoms with van der Waals surface area (Å²) in [5.41, 5.74) is 2.20. The van der Waals surface area contributed by atoms with E-state index >= 15 is 0 Å². The zero-order valence-corrected chi connectivity index (χ0v) is 14.3. The summed E-state index contributed by atoms with van der Waals surface area (Å²) in [6.07, 6.45) is 5.38. The van der Waals surface area contributed by atoms with E-state index in [-0.39, 0.29) is 5.91 Å². The van der Waals surface area contributed by atoms with Gasteiger partial charge in [0, 0.05) is 25.7 Å². The first-order valence-electron chi connectivity index (χ1n) is 7.66. The van der Waals surface area contributed by atoms with Gasteiger partial charge in [0.15, 0.2) is 0 Å². The standard InChI is InChI=1S/C17H22ClN3O2/c1-13-4-5-14(10-16(13)23-2)6-7-17(22)19-8-3-9-21-12-15(18)11-20-21/h4-5,10-12H,3,6-9H2,1-2H3,(H,19,22). The molecule has 0 fully saturated rings. The highest BCUT2D eigenvalue weighted by atomic mass is 35.5. The minimum Gasteiger partial charge on any atom is -0.496 e. The molecule has 0 saturated heterocycles. The Balaban J connectivity index is 1.67. The molecule has 0 aliphatic carbocycles. The molecule has 1 N–H and O–H groups in total. The lowest BCUT2D eigenvalue weighted by molar-refractivity contribution is -0.121. The fraction of sp³-hybridized carbons (Fsp3) is 0.412. The molecule has 0 atom stereocenters. The van der Waals surface area contributed by atoms with Crippen LogP contribution in [0.1, 0.15) is 24.0 Å². The molecule has 1 aromatic heterocycles. The Morgan fingerprint density at radius 2 is 2.26 bits per heavy atom. The summed E-state index contributed by atoms with van der Waals surface area (Å²) < 4.78 is 7.07. The number of hydrogen-bond acceptors (Lipinski definition) is 3. The number of carbonyl (C=O) groups excluding carboxylic acids is 1. The molecule has 124 valence electrons. The molecular weight excluding hydrogens is 314 g/mol. The number of carbonyl (C=O) groups is 1. The summed E-state index contributed by atoms with van der Waals surface area (Å²) in [5.74, 6) is 0.920. The number of rotatable bonds is 8. The number of methoxy groups -OCH3 is 1. The lowest BCUT2D eigenvalue weighted by Gasteiger charge is -2.08. The molecule has 0 saturated carbocycles. The number of aryl methyl sites for hydroxylation is 3. The van der Waals surface area contributed by atoms with Crippen molar-refractivity contribution < 1.29 is 9.53 Å². The topological polar surface area (TPSA) is 56.1 Å². The molecule has 0 aliphatic heterocycles. The molecular formula is C17H22ClN3O2. The Bertz CT molecular complexity index is 655. The summed E-state index contributed by atoms with van der Waals surface area (Å²) in [4.78, 5) is 11.9. The molecule has 5 nitrogen and oxygen atoms in total. The van der Waals surface area contributed by atoms with Crippen LogP contribution in [0.3, 0.4) is 0 Å².